The Morgan fingerprint density at radius 1 is 0.769 bits per heavy atom. The van der Waals surface area contributed by atoms with Gasteiger partial charge in [-0.05, 0) is 10.8 Å². The fourth-order valence-electron chi connectivity index (χ4n) is 2.15. The lowest BCUT2D eigenvalue weighted by Gasteiger charge is -2.15. The summed E-state index contributed by atoms with van der Waals surface area (Å²) in [5.74, 6) is -0.198. The van der Waals surface area contributed by atoms with Crippen molar-refractivity contribution in [2.45, 2.75) is 59.5 Å². The van der Waals surface area contributed by atoms with Crippen LogP contribution in [0.25, 0.3) is 0 Å². The minimum absolute atomic E-state index is 0.198. The SMILES string of the molecule is CC(C)(C)C1OC12OC2C(C)(C)C. The first-order valence-corrected chi connectivity index (χ1v) is 5.03. The van der Waals surface area contributed by atoms with Gasteiger partial charge in [0.1, 0.15) is 12.2 Å². The second-order valence-corrected chi connectivity index (χ2v) is 6.45. The van der Waals surface area contributed by atoms with E-state index in [-0.39, 0.29) is 16.6 Å². The third-order valence-electron chi connectivity index (χ3n) is 2.79. The fourth-order valence-corrected chi connectivity index (χ4v) is 2.15. The van der Waals surface area contributed by atoms with E-state index < -0.39 is 0 Å². The molecule has 0 bridgehead atoms. The summed E-state index contributed by atoms with van der Waals surface area (Å²) in [6.45, 7) is 13.2. The van der Waals surface area contributed by atoms with Gasteiger partial charge in [-0.2, -0.15) is 0 Å². The van der Waals surface area contributed by atoms with E-state index in [1.807, 2.05) is 0 Å². The van der Waals surface area contributed by atoms with E-state index in [4.69, 9.17) is 9.47 Å². The molecule has 2 heterocycles. The smallest absolute Gasteiger partial charge is 0.224 e. The maximum Gasteiger partial charge on any atom is 0.224 e. The van der Waals surface area contributed by atoms with Crippen LogP contribution in [0.15, 0.2) is 0 Å². The average molecular weight is 184 g/mol. The van der Waals surface area contributed by atoms with Crippen LogP contribution in [-0.2, 0) is 9.47 Å². The van der Waals surface area contributed by atoms with Crippen molar-refractivity contribution in [1.82, 2.24) is 0 Å². The highest BCUT2D eigenvalue weighted by atomic mass is 16.9. The van der Waals surface area contributed by atoms with Crippen molar-refractivity contribution in [3.8, 4) is 0 Å². The summed E-state index contributed by atoms with van der Waals surface area (Å²) < 4.78 is 11.4. The van der Waals surface area contributed by atoms with Crippen LogP contribution in [0.3, 0.4) is 0 Å². The summed E-state index contributed by atoms with van der Waals surface area (Å²) in [7, 11) is 0. The van der Waals surface area contributed by atoms with Crippen molar-refractivity contribution < 1.29 is 9.47 Å². The summed E-state index contributed by atoms with van der Waals surface area (Å²) in [6.07, 6.45) is 0.591. The van der Waals surface area contributed by atoms with Gasteiger partial charge in [-0.15, -0.1) is 0 Å². The molecule has 2 saturated heterocycles. The highest BCUT2D eigenvalue weighted by Crippen LogP contribution is 2.65. The van der Waals surface area contributed by atoms with Crippen LogP contribution in [0.5, 0.6) is 0 Å². The standard InChI is InChI=1S/C11H20O2/c1-9(2,3)7-11(12-7)8(13-11)10(4,5)6/h7-8H,1-6H3. The van der Waals surface area contributed by atoms with Gasteiger partial charge < -0.3 is 9.47 Å². The van der Waals surface area contributed by atoms with Crippen molar-refractivity contribution in [1.29, 1.82) is 0 Å². The van der Waals surface area contributed by atoms with Crippen LogP contribution >= 0.6 is 0 Å². The Bertz CT molecular complexity index is 205. The molecule has 76 valence electrons. The molecule has 13 heavy (non-hydrogen) atoms. The Balaban J connectivity index is 2.02. The molecule has 2 atom stereocenters. The Morgan fingerprint density at radius 3 is 1.23 bits per heavy atom. The van der Waals surface area contributed by atoms with Crippen molar-refractivity contribution in [2.75, 3.05) is 0 Å². The largest absolute Gasteiger partial charge is 0.336 e. The van der Waals surface area contributed by atoms with Crippen LogP contribution in [-0.4, -0.2) is 18.0 Å². The van der Waals surface area contributed by atoms with Gasteiger partial charge in [0, 0.05) is 0 Å². The molecule has 2 nitrogen and oxygen atoms in total. The van der Waals surface area contributed by atoms with Crippen LogP contribution in [0, 0.1) is 10.8 Å². The first-order valence-electron chi connectivity index (χ1n) is 5.03. The number of ether oxygens (including phenoxy) is 2. The minimum atomic E-state index is -0.198. The summed E-state index contributed by atoms with van der Waals surface area (Å²) >= 11 is 0. The summed E-state index contributed by atoms with van der Waals surface area (Å²) in [6, 6.07) is 0. The van der Waals surface area contributed by atoms with E-state index in [1.165, 1.54) is 0 Å². The van der Waals surface area contributed by atoms with Crippen LogP contribution in [0.1, 0.15) is 41.5 Å². The number of hydrogen-bond donors (Lipinski definition) is 0. The fraction of sp³-hybridized carbons (Fsp3) is 1.00. The van der Waals surface area contributed by atoms with Gasteiger partial charge in [-0.1, -0.05) is 41.5 Å². The maximum atomic E-state index is 5.70. The van der Waals surface area contributed by atoms with Gasteiger partial charge in [-0.25, -0.2) is 0 Å². The zero-order valence-corrected chi connectivity index (χ0v) is 9.47. The van der Waals surface area contributed by atoms with Crippen molar-refractivity contribution >= 4 is 0 Å². The summed E-state index contributed by atoms with van der Waals surface area (Å²) in [5.41, 5.74) is 0.417. The van der Waals surface area contributed by atoms with Crippen molar-refractivity contribution in [3.05, 3.63) is 0 Å². The quantitative estimate of drug-likeness (QED) is 0.540. The van der Waals surface area contributed by atoms with Gasteiger partial charge in [0.2, 0.25) is 5.79 Å². The molecule has 2 fully saturated rings. The highest BCUT2D eigenvalue weighted by molar-refractivity contribution is 5.18. The Hall–Kier alpha value is -0.0800. The molecule has 0 aromatic carbocycles. The van der Waals surface area contributed by atoms with Gasteiger partial charge in [0.05, 0.1) is 0 Å². The highest BCUT2D eigenvalue weighted by Gasteiger charge is 2.81. The monoisotopic (exact) mass is 184 g/mol. The Kier molecular flexibility index (Phi) is 1.54. The molecule has 2 aliphatic heterocycles. The van der Waals surface area contributed by atoms with Crippen LogP contribution in [0.2, 0.25) is 0 Å². The molecule has 0 saturated carbocycles. The molecule has 0 aliphatic carbocycles. The van der Waals surface area contributed by atoms with E-state index in [2.05, 4.69) is 41.5 Å². The van der Waals surface area contributed by atoms with E-state index in [9.17, 15) is 0 Å². The van der Waals surface area contributed by atoms with Crippen molar-refractivity contribution in [2.24, 2.45) is 10.8 Å². The molecule has 0 aromatic rings. The van der Waals surface area contributed by atoms with Gasteiger partial charge in [0.15, 0.2) is 0 Å². The minimum Gasteiger partial charge on any atom is -0.336 e. The zero-order chi connectivity index (χ0) is 10.1. The second kappa shape index (κ2) is 2.12. The topological polar surface area (TPSA) is 25.1 Å². The third-order valence-corrected chi connectivity index (χ3v) is 2.79. The first-order chi connectivity index (χ1) is 5.68. The molecule has 1 spiro atoms. The molecule has 2 unspecified atom stereocenters. The maximum absolute atomic E-state index is 5.70. The zero-order valence-electron chi connectivity index (χ0n) is 9.47. The second-order valence-electron chi connectivity index (χ2n) is 6.45. The number of rotatable bonds is 0. The molecular weight excluding hydrogens is 164 g/mol. The van der Waals surface area contributed by atoms with Gasteiger partial charge >= 0.3 is 0 Å². The summed E-state index contributed by atoms with van der Waals surface area (Å²) in [4.78, 5) is 0. The predicted molar refractivity (Wildman–Crippen MR) is 51.4 cm³/mol. The Labute approximate surface area is 80.6 Å². The predicted octanol–water partition coefficient (Wildman–Crippen LogP) is 2.57. The number of hydrogen-bond acceptors (Lipinski definition) is 2. The molecule has 2 aliphatic rings. The molecule has 0 N–H and O–H groups in total. The lowest BCUT2D eigenvalue weighted by Crippen LogP contribution is -2.23. The van der Waals surface area contributed by atoms with Crippen LogP contribution < -0.4 is 0 Å². The molecule has 0 amide bonds. The summed E-state index contributed by atoms with van der Waals surface area (Å²) in [5, 5.41) is 0. The van der Waals surface area contributed by atoms with E-state index >= 15 is 0 Å². The molecule has 2 rings (SSSR count). The average Bonchev–Trinajstić information content (AvgIpc) is 2.67. The van der Waals surface area contributed by atoms with Crippen molar-refractivity contribution in [3.63, 3.8) is 0 Å². The molecular formula is C11H20O2. The number of epoxide rings is 2. The van der Waals surface area contributed by atoms with E-state index in [0.29, 0.717) is 12.2 Å². The third kappa shape index (κ3) is 1.31. The van der Waals surface area contributed by atoms with E-state index in [0.717, 1.165) is 0 Å². The van der Waals surface area contributed by atoms with Gasteiger partial charge in [0.25, 0.3) is 0 Å². The lowest BCUT2D eigenvalue weighted by atomic mass is 9.84. The molecule has 2 heteroatoms. The molecule has 0 radical (unpaired) electrons. The van der Waals surface area contributed by atoms with E-state index in [1.54, 1.807) is 0 Å². The normalized spacial score (nSPS) is 43.8. The first kappa shape index (κ1) is 9.47. The van der Waals surface area contributed by atoms with Crippen LogP contribution in [0.4, 0.5) is 0 Å². The lowest BCUT2D eigenvalue weighted by molar-refractivity contribution is 0.220. The molecule has 0 aromatic heterocycles. The Morgan fingerprint density at radius 2 is 1.08 bits per heavy atom. The van der Waals surface area contributed by atoms with Gasteiger partial charge in [-0.3, -0.25) is 0 Å².